The number of carbonyl (C=O) groups excluding carboxylic acids is 2. The molecule has 0 bridgehead atoms. The fourth-order valence-electron chi connectivity index (χ4n) is 3.13. The lowest BCUT2D eigenvalue weighted by Crippen LogP contribution is -2.45. The van der Waals surface area contributed by atoms with Gasteiger partial charge >= 0.3 is 5.97 Å². The maximum Gasteiger partial charge on any atom is 0.339 e. The molecule has 1 aromatic carbocycles. The molecular formula is C18H25N3O5. The van der Waals surface area contributed by atoms with E-state index in [1.165, 1.54) is 25.5 Å². The Morgan fingerprint density at radius 1 is 1.31 bits per heavy atom. The highest BCUT2D eigenvalue weighted by molar-refractivity contribution is 5.93. The smallest absolute Gasteiger partial charge is 0.339 e. The molecule has 26 heavy (non-hydrogen) atoms. The van der Waals surface area contributed by atoms with E-state index in [0.717, 1.165) is 25.3 Å². The number of hydrogen-bond donors (Lipinski definition) is 2. The van der Waals surface area contributed by atoms with E-state index in [2.05, 4.69) is 17.6 Å². The first-order chi connectivity index (χ1) is 12.3. The summed E-state index contributed by atoms with van der Waals surface area (Å²) in [6.07, 6.45) is 3.26. The van der Waals surface area contributed by atoms with Crippen LogP contribution in [-0.2, 0) is 9.53 Å². The Labute approximate surface area is 152 Å². The maximum absolute atomic E-state index is 12.3. The molecule has 0 spiro atoms. The summed E-state index contributed by atoms with van der Waals surface area (Å²) in [5.41, 5.74) is 0.0973. The number of nitrogens with one attached hydrogen (secondary N) is 2. The summed E-state index contributed by atoms with van der Waals surface area (Å²) in [5, 5.41) is 16.7. The van der Waals surface area contributed by atoms with Crippen LogP contribution in [0, 0.1) is 16.0 Å². The molecule has 1 aromatic rings. The van der Waals surface area contributed by atoms with Gasteiger partial charge < -0.3 is 15.4 Å². The minimum absolute atomic E-state index is 0.0291. The maximum atomic E-state index is 12.3. The fourth-order valence-corrected chi connectivity index (χ4v) is 3.13. The molecule has 3 atom stereocenters. The highest BCUT2D eigenvalue weighted by atomic mass is 16.6. The van der Waals surface area contributed by atoms with E-state index < -0.39 is 17.0 Å². The molecule has 1 amide bonds. The molecule has 1 fully saturated rings. The van der Waals surface area contributed by atoms with Gasteiger partial charge in [-0.15, -0.1) is 0 Å². The normalized spacial score (nSPS) is 20.7. The predicted octanol–water partition coefficient (Wildman–Crippen LogP) is 2.88. The molecule has 3 unspecified atom stereocenters. The zero-order chi connectivity index (χ0) is 19.3. The van der Waals surface area contributed by atoms with Crippen molar-refractivity contribution in [3.63, 3.8) is 0 Å². The lowest BCUT2D eigenvalue weighted by molar-refractivity contribution is -0.384. The van der Waals surface area contributed by atoms with Crippen molar-refractivity contribution in [1.29, 1.82) is 0 Å². The lowest BCUT2D eigenvalue weighted by Gasteiger charge is -2.30. The van der Waals surface area contributed by atoms with Crippen molar-refractivity contribution in [2.75, 3.05) is 12.4 Å². The van der Waals surface area contributed by atoms with Gasteiger partial charge in [0.25, 0.3) is 11.6 Å². The van der Waals surface area contributed by atoms with E-state index in [-0.39, 0.29) is 23.2 Å². The molecule has 2 rings (SSSR count). The van der Waals surface area contributed by atoms with E-state index in [4.69, 9.17) is 4.74 Å². The SMILES string of the molecule is CNc1ccc(C(=O)OC(C)C(=O)NC2CCCCC2C)cc1[N+](=O)[O-]. The van der Waals surface area contributed by atoms with Gasteiger partial charge in [0.2, 0.25) is 0 Å². The molecule has 2 N–H and O–H groups in total. The third-order valence-electron chi connectivity index (χ3n) is 4.79. The number of nitro groups is 1. The Kier molecular flexibility index (Phi) is 6.54. The molecule has 8 heteroatoms. The number of anilines is 1. The molecule has 8 nitrogen and oxygen atoms in total. The Bertz CT molecular complexity index is 691. The predicted molar refractivity (Wildman–Crippen MR) is 97.1 cm³/mol. The summed E-state index contributed by atoms with van der Waals surface area (Å²) in [6.45, 7) is 3.60. The van der Waals surface area contributed by atoms with Crippen LogP contribution in [0.4, 0.5) is 11.4 Å². The quantitative estimate of drug-likeness (QED) is 0.457. The molecular weight excluding hydrogens is 338 g/mol. The molecule has 142 valence electrons. The minimum atomic E-state index is -0.973. The van der Waals surface area contributed by atoms with Gasteiger partial charge in [0.1, 0.15) is 5.69 Å². The summed E-state index contributed by atoms with van der Waals surface area (Å²) in [4.78, 5) is 35.0. The van der Waals surface area contributed by atoms with Gasteiger partial charge in [-0.1, -0.05) is 19.8 Å². The van der Waals surface area contributed by atoms with Crippen molar-refractivity contribution in [2.45, 2.75) is 51.7 Å². The van der Waals surface area contributed by atoms with Crippen LogP contribution < -0.4 is 10.6 Å². The number of hydrogen-bond acceptors (Lipinski definition) is 6. The van der Waals surface area contributed by atoms with Crippen molar-refractivity contribution in [1.82, 2.24) is 5.32 Å². The van der Waals surface area contributed by atoms with E-state index in [9.17, 15) is 19.7 Å². The van der Waals surface area contributed by atoms with Gasteiger partial charge in [0.15, 0.2) is 6.10 Å². The second-order valence-electron chi connectivity index (χ2n) is 6.66. The highest BCUT2D eigenvalue weighted by Crippen LogP contribution is 2.26. The first kappa shape index (κ1) is 19.7. The number of nitrogens with zero attached hydrogens (tertiary/aromatic N) is 1. The minimum Gasteiger partial charge on any atom is -0.449 e. The topological polar surface area (TPSA) is 111 Å². The first-order valence-corrected chi connectivity index (χ1v) is 8.81. The summed E-state index contributed by atoms with van der Waals surface area (Å²) in [7, 11) is 1.55. The average molecular weight is 363 g/mol. The molecule has 0 aliphatic heterocycles. The van der Waals surface area contributed by atoms with Crippen LogP contribution in [0.25, 0.3) is 0 Å². The van der Waals surface area contributed by atoms with Gasteiger partial charge in [0, 0.05) is 19.2 Å². The zero-order valence-electron chi connectivity index (χ0n) is 15.3. The highest BCUT2D eigenvalue weighted by Gasteiger charge is 2.27. The third-order valence-corrected chi connectivity index (χ3v) is 4.79. The van der Waals surface area contributed by atoms with Gasteiger partial charge in [0.05, 0.1) is 10.5 Å². The Hall–Kier alpha value is -2.64. The molecule has 0 aromatic heterocycles. The third kappa shape index (κ3) is 4.71. The zero-order valence-corrected chi connectivity index (χ0v) is 15.3. The second kappa shape index (κ2) is 8.64. The summed E-state index contributed by atoms with van der Waals surface area (Å²) in [6, 6.07) is 4.09. The number of ether oxygens (including phenoxy) is 1. The van der Waals surface area contributed by atoms with Crippen LogP contribution >= 0.6 is 0 Å². The van der Waals surface area contributed by atoms with E-state index in [1.807, 2.05) is 0 Å². The van der Waals surface area contributed by atoms with Gasteiger partial charge in [-0.05, 0) is 37.8 Å². The van der Waals surface area contributed by atoms with Crippen LogP contribution in [0.5, 0.6) is 0 Å². The number of carbonyl (C=O) groups is 2. The monoisotopic (exact) mass is 363 g/mol. The summed E-state index contributed by atoms with van der Waals surface area (Å²) in [5.74, 6) is -0.721. The Morgan fingerprint density at radius 2 is 2.00 bits per heavy atom. The Morgan fingerprint density at radius 3 is 2.62 bits per heavy atom. The summed E-state index contributed by atoms with van der Waals surface area (Å²) < 4.78 is 5.19. The second-order valence-corrected chi connectivity index (χ2v) is 6.66. The van der Waals surface area contributed by atoms with Crippen molar-refractivity contribution >= 4 is 23.3 Å². The molecule has 0 saturated heterocycles. The van der Waals surface area contributed by atoms with Crippen molar-refractivity contribution in [3.05, 3.63) is 33.9 Å². The molecule has 1 saturated carbocycles. The largest absolute Gasteiger partial charge is 0.449 e. The van der Waals surface area contributed by atoms with Crippen LogP contribution in [0.1, 0.15) is 49.9 Å². The van der Waals surface area contributed by atoms with Crippen molar-refractivity contribution in [3.8, 4) is 0 Å². The van der Waals surface area contributed by atoms with Crippen LogP contribution in [-0.4, -0.2) is 36.0 Å². The van der Waals surface area contributed by atoms with Crippen LogP contribution in [0.2, 0.25) is 0 Å². The number of amides is 1. The molecule has 1 aliphatic rings. The van der Waals surface area contributed by atoms with Gasteiger partial charge in [-0.3, -0.25) is 14.9 Å². The molecule has 0 heterocycles. The van der Waals surface area contributed by atoms with Crippen LogP contribution in [0.15, 0.2) is 18.2 Å². The van der Waals surface area contributed by atoms with E-state index in [0.29, 0.717) is 11.6 Å². The van der Waals surface area contributed by atoms with Crippen molar-refractivity contribution < 1.29 is 19.2 Å². The number of esters is 1. The standard InChI is InChI=1S/C18H25N3O5/c1-11-6-4-5-7-14(11)20-17(22)12(2)26-18(23)13-8-9-15(19-3)16(10-13)21(24)25/h8-12,14,19H,4-7H2,1-3H3,(H,20,22). The Balaban J connectivity index is 2.01. The van der Waals surface area contributed by atoms with E-state index in [1.54, 1.807) is 7.05 Å². The number of benzene rings is 1. The van der Waals surface area contributed by atoms with Gasteiger partial charge in [-0.25, -0.2) is 4.79 Å². The molecule has 1 aliphatic carbocycles. The first-order valence-electron chi connectivity index (χ1n) is 8.81. The number of rotatable bonds is 6. The van der Waals surface area contributed by atoms with Gasteiger partial charge in [-0.2, -0.15) is 0 Å². The average Bonchev–Trinajstić information content (AvgIpc) is 2.62. The van der Waals surface area contributed by atoms with E-state index >= 15 is 0 Å². The molecule has 0 radical (unpaired) electrons. The summed E-state index contributed by atoms with van der Waals surface area (Å²) >= 11 is 0. The van der Waals surface area contributed by atoms with Crippen molar-refractivity contribution in [2.24, 2.45) is 5.92 Å². The fraction of sp³-hybridized carbons (Fsp3) is 0.556. The number of nitro benzene ring substituents is 1. The van der Waals surface area contributed by atoms with Crippen LogP contribution in [0.3, 0.4) is 0 Å². The lowest BCUT2D eigenvalue weighted by atomic mass is 9.86.